The van der Waals surface area contributed by atoms with Gasteiger partial charge in [0.15, 0.2) is 0 Å². The van der Waals surface area contributed by atoms with E-state index in [0.29, 0.717) is 11.5 Å². The van der Waals surface area contributed by atoms with Gasteiger partial charge in [0.25, 0.3) is 0 Å². The summed E-state index contributed by atoms with van der Waals surface area (Å²) in [7, 11) is 0. The minimum absolute atomic E-state index is 0.190. The molecule has 0 fully saturated rings. The normalized spacial score (nSPS) is 14.3. The van der Waals surface area contributed by atoms with Crippen LogP contribution in [0.3, 0.4) is 0 Å². The summed E-state index contributed by atoms with van der Waals surface area (Å²) in [5, 5.41) is 0.458. The van der Waals surface area contributed by atoms with E-state index in [1.165, 1.54) is 0 Å². The van der Waals surface area contributed by atoms with Gasteiger partial charge in [-0.2, -0.15) is 0 Å². The van der Waals surface area contributed by atoms with Gasteiger partial charge in [-0.15, -0.1) is 0 Å². The molecule has 1 aliphatic heterocycles. The average molecular weight is 546 g/mol. The Labute approximate surface area is 241 Å². The monoisotopic (exact) mass is 545 g/mol. The molecule has 1 aromatic heterocycles. The molecule has 0 bridgehead atoms. The van der Waals surface area contributed by atoms with Gasteiger partial charge in [-0.1, -0.05) is 77.9 Å². The predicted octanol–water partition coefficient (Wildman–Crippen LogP) is 7.00. The Hall–Kier alpha value is -4.31. The fourth-order valence-electron chi connectivity index (χ4n) is 4.95. The summed E-state index contributed by atoms with van der Waals surface area (Å²) in [6.45, 7) is 14.5. The van der Waals surface area contributed by atoms with Crippen LogP contribution in [-0.4, -0.2) is 0 Å². The first-order chi connectivity index (χ1) is 19.3. The quantitative estimate of drug-likeness (QED) is 0.259. The third kappa shape index (κ3) is 5.78. The van der Waals surface area contributed by atoms with Gasteiger partial charge >= 0.3 is 11.5 Å². The highest BCUT2D eigenvalue weighted by Gasteiger charge is 2.31. The van der Waals surface area contributed by atoms with E-state index in [1.807, 2.05) is 91.9 Å². The van der Waals surface area contributed by atoms with Crippen molar-refractivity contribution in [2.24, 2.45) is 16.7 Å². The van der Waals surface area contributed by atoms with E-state index in [-0.39, 0.29) is 38.0 Å². The molecule has 0 atom stereocenters. The third-order valence-electron chi connectivity index (χ3n) is 7.44. The zero-order chi connectivity index (χ0) is 29.5. The van der Waals surface area contributed by atoms with Crippen molar-refractivity contribution in [1.82, 2.24) is 0 Å². The Balaban J connectivity index is 1.64. The van der Waals surface area contributed by atoms with Gasteiger partial charge in [-0.25, -0.2) is 4.42 Å². The van der Waals surface area contributed by atoms with Gasteiger partial charge in [0, 0.05) is 16.7 Å². The van der Waals surface area contributed by atoms with Gasteiger partial charge in [-0.05, 0) is 60.6 Å². The van der Waals surface area contributed by atoms with Gasteiger partial charge < -0.3 is 4.74 Å². The maximum atomic E-state index is 13.5. The molecule has 5 rings (SSSR count). The molecular formula is C37H37O4+. The molecule has 0 aliphatic carbocycles. The van der Waals surface area contributed by atoms with Crippen LogP contribution in [0.25, 0.3) is 34.3 Å². The zero-order valence-electron chi connectivity index (χ0n) is 24.9. The van der Waals surface area contributed by atoms with Crippen LogP contribution in [0.2, 0.25) is 0 Å². The summed E-state index contributed by atoms with van der Waals surface area (Å²) in [6, 6.07) is 23.3. The Kier molecular flexibility index (Phi) is 7.29. The molecule has 2 heterocycles. The molecule has 1 aliphatic rings. The average Bonchev–Trinajstić information content (AvgIpc) is 2.95. The van der Waals surface area contributed by atoms with E-state index < -0.39 is 0 Å². The van der Waals surface area contributed by atoms with Crippen molar-refractivity contribution in [1.29, 1.82) is 0 Å². The second-order valence-electron chi connectivity index (χ2n) is 12.8. The number of allylic oxidation sites excluding steroid dienone is 4. The van der Waals surface area contributed by atoms with E-state index in [1.54, 1.807) is 6.08 Å². The van der Waals surface area contributed by atoms with Crippen molar-refractivity contribution < 1.29 is 9.15 Å². The van der Waals surface area contributed by atoms with Gasteiger partial charge in [0.05, 0.1) is 33.7 Å². The Morgan fingerprint density at radius 1 is 0.732 bits per heavy atom. The van der Waals surface area contributed by atoms with Crippen LogP contribution < -0.4 is 21.3 Å². The summed E-state index contributed by atoms with van der Waals surface area (Å²) >= 11 is 0. The topological polar surface area (TPSA) is 54.7 Å². The molecule has 0 spiro atoms. The van der Waals surface area contributed by atoms with Crippen LogP contribution in [0.15, 0.2) is 110 Å². The molecule has 41 heavy (non-hydrogen) atoms. The Bertz CT molecular complexity index is 1730. The number of hydrogen-bond donors (Lipinski definition) is 0. The van der Waals surface area contributed by atoms with Gasteiger partial charge in [0.2, 0.25) is 10.9 Å². The fraction of sp³-hybridized carbons (Fsp3) is 0.270. The Morgan fingerprint density at radius 3 is 1.59 bits per heavy atom. The number of hydrogen-bond acceptors (Lipinski definition) is 3. The van der Waals surface area contributed by atoms with E-state index in [9.17, 15) is 9.59 Å². The van der Waals surface area contributed by atoms with E-state index in [2.05, 4.69) is 41.5 Å². The summed E-state index contributed by atoms with van der Waals surface area (Å²) in [5.74, 6) is 2.82. The highest BCUT2D eigenvalue weighted by atomic mass is 16.5. The first-order valence-corrected chi connectivity index (χ1v) is 14.1. The van der Waals surface area contributed by atoms with Crippen molar-refractivity contribution in [3.05, 3.63) is 133 Å². The van der Waals surface area contributed by atoms with Crippen LogP contribution in [0.5, 0.6) is 0 Å². The lowest BCUT2D eigenvalue weighted by atomic mass is 9.83. The maximum Gasteiger partial charge on any atom is 0.361 e. The highest BCUT2D eigenvalue weighted by molar-refractivity contribution is 5.68. The van der Waals surface area contributed by atoms with Crippen LogP contribution in [-0.2, 0) is 4.74 Å². The predicted molar refractivity (Wildman–Crippen MR) is 167 cm³/mol. The standard InChI is InChI=1S/C37H37O4/c1-23(27-21-31(36(2,3)4)41-32(22-27)37(5,6)7)33-34(38)28(35(33)39)18-24-19-29(25-14-10-8-11-15-25)40-30(20-24)26-16-12-9-13-17-26/h8-22,27H,1-7H3/q+1. The van der Waals surface area contributed by atoms with Crippen LogP contribution in [0, 0.1) is 16.7 Å². The smallest absolute Gasteiger partial charge is 0.361 e. The first kappa shape index (κ1) is 28.2. The van der Waals surface area contributed by atoms with Crippen molar-refractivity contribution in [2.45, 2.75) is 48.5 Å². The summed E-state index contributed by atoms with van der Waals surface area (Å²) < 4.78 is 12.5. The summed E-state index contributed by atoms with van der Waals surface area (Å²) in [4.78, 5) is 27.0. The Morgan fingerprint density at radius 2 is 1.17 bits per heavy atom. The highest BCUT2D eigenvalue weighted by Crippen LogP contribution is 2.40. The molecule has 4 aromatic rings. The van der Waals surface area contributed by atoms with Crippen molar-refractivity contribution in [3.63, 3.8) is 0 Å². The lowest BCUT2D eigenvalue weighted by Crippen LogP contribution is -2.65. The molecule has 0 saturated carbocycles. The molecule has 4 heteroatoms. The van der Waals surface area contributed by atoms with Crippen LogP contribution in [0.1, 0.15) is 54.0 Å². The molecule has 0 unspecified atom stereocenters. The van der Waals surface area contributed by atoms with Crippen LogP contribution in [0.4, 0.5) is 0 Å². The largest absolute Gasteiger partial charge is 0.466 e. The second-order valence-corrected chi connectivity index (χ2v) is 12.8. The summed E-state index contributed by atoms with van der Waals surface area (Å²) in [5.41, 5.74) is 2.44. The van der Waals surface area contributed by atoms with E-state index in [4.69, 9.17) is 9.15 Å². The number of rotatable bonds is 4. The molecule has 3 aromatic carbocycles. The van der Waals surface area contributed by atoms with Crippen molar-refractivity contribution >= 4 is 11.6 Å². The second kappa shape index (κ2) is 10.6. The fourth-order valence-corrected chi connectivity index (χ4v) is 4.95. The van der Waals surface area contributed by atoms with Crippen molar-refractivity contribution in [3.8, 4) is 22.6 Å². The summed E-state index contributed by atoms with van der Waals surface area (Å²) in [6.07, 6.45) is 5.76. The van der Waals surface area contributed by atoms with Crippen LogP contribution >= 0.6 is 0 Å². The van der Waals surface area contributed by atoms with Gasteiger partial charge in [-0.3, -0.25) is 9.59 Å². The molecule has 0 radical (unpaired) electrons. The lowest BCUT2D eigenvalue weighted by Gasteiger charge is -2.34. The minimum atomic E-state index is -0.223. The SMILES string of the molecule is CC(=c1c(=O)c(=Cc2cc(-c3ccccc3)[o+]c(-c3ccccc3)c2)c1=O)C1C=C(C(C)(C)C)OC(C(C)(C)C)=C1. The van der Waals surface area contributed by atoms with Gasteiger partial charge in [0.1, 0.15) is 11.5 Å². The maximum absolute atomic E-state index is 13.5. The molecule has 208 valence electrons. The molecular weight excluding hydrogens is 508 g/mol. The van der Waals surface area contributed by atoms with E-state index in [0.717, 1.165) is 33.8 Å². The first-order valence-electron chi connectivity index (χ1n) is 14.1. The molecule has 0 N–H and O–H groups in total. The van der Waals surface area contributed by atoms with Crippen molar-refractivity contribution in [2.75, 3.05) is 0 Å². The molecule has 0 saturated heterocycles. The molecule has 4 nitrogen and oxygen atoms in total. The zero-order valence-corrected chi connectivity index (χ0v) is 24.9. The molecule has 0 amide bonds. The minimum Gasteiger partial charge on any atom is -0.466 e. The lowest BCUT2D eigenvalue weighted by molar-refractivity contribution is 0.155. The van der Waals surface area contributed by atoms with E-state index >= 15 is 0 Å². The third-order valence-corrected chi connectivity index (χ3v) is 7.44. The number of benzene rings is 2. The number of ether oxygens (including phenoxy) is 1.